The van der Waals surface area contributed by atoms with Gasteiger partial charge in [0, 0.05) is 39.3 Å². The molecule has 0 heterocycles. The van der Waals surface area contributed by atoms with E-state index in [-0.39, 0.29) is 0 Å². The molecule has 0 unspecified atom stereocenters. The summed E-state index contributed by atoms with van der Waals surface area (Å²) in [5.74, 6) is 0. The molecule has 0 spiro atoms. The Morgan fingerprint density at radius 2 is 1.29 bits per heavy atom. The highest BCUT2D eigenvalue weighted by Gasteiger charge is 1.91. The number of hydrogen-bond acceptors (Lipinski definition) is 7. The third-order valence-corrected chi connectivity index (χ3v) is 2.92. The van der Waals surface area contributed by atoms with E-state index >= 15 is 0 Å². The van der Waals surface area contributed by atoms with Gasteiger partial charge < -0.3 is 26.8 Å². The lowest BCUT2D eigenvalue weighted by atomic mass is 10.3. The van der Waals surface area contributed by atoms with Crippen LogP contribution in [0.5, 0.6) is 0 Å². The first-order valence-electron chi connectivity index (χ1n) is 8.27. The highest BCUT2D eigenvalue weighted by Crippen LogP contribution is 1.82. The molecule has 128 valence electrons. The maximum Gasteiger partial charge on any atom is 0.0590 e. The molecule has 21 heavy (non-hydrogen) atoms. The molecule has 0 bridgehead atoms. The summed E-state index contributed by atoms with van der Waals surface area (Å²) in [6.07, 6.45) is 4.34. The van der Waals surface area contributed by atoms with Crippen LogP contribution in [0.1, 0.15) is 25.7 Å². The summed E-state index contributed by atoms with van der Waals surface area (Å²) in [5, 5.41) is 6.63. The molecule has 0 radical (unpaired) electrons. The summed E-state index contributed by atoms with van der Waals surface area (Å²) < 4.78 is 5.54. The van der Waals surface area contributed by atoms with Crippen molar-refractivity contribution in [2.75, 3.05) is 65.6 Å². The third kappa shape index (κ3) is 19.7. The van der Waals surface area contributed by atoms with E-state index in [4.69, 9.17) is 16.2 Å². The van der Waals surface area contributed by atoms with Crippen LogP contribution in [0.3, 0.4) is 0 Å². The molecule has 0 rings (SSSR count). The predicted molar refractivity (Wildman–Crippen MR) is 89.1 cm³/mol. The summed E-state index contributed by atoms with van der Waals surface area (Å²) in [4.78, 5) is 0. The third-order valence-electron chi connectivity index (χ3n) is 2.92. The van der Waals surface area contributed by atoms with Crippen molar-refractivity contribution >= 4 is 0 Å². The molecular weight excluding hydrogens is 268 g/mol. The van der Waals surface area contributed by atoms with Gasteiger partial charge in [0.1, 0.15) is 0 Å². The number of unbranched alkanes of at least 4 members (excludes halogenated alkanes) is 1. The zero-order chi connectivity index (χ0) is 15.4. The normalized spacial score (nSPS) is 11.1. The Bertz CT molecular complexity index is 167. The van der Waals surface area contributed by atoms with Gasteiger partial charge in [0.2, 0.25) is 0 Å². The standard InChI is InChI=1S/C14H36N6O/c15-5-1-2-9-19-20-10-4-13-21-14-12-18-8-3-7-17-11-6-16/h17-20H,1-16H2. The summed E-state index contributed by atoms with van der Waals surface area (Å²) >= 11 is 0. The second-order valence-electron chi connectivity index (χ2n) is 4.96. The zero-order valence-corrected chi connectivity index (χ0v) is 13.5. The number of hydrazine groups is 1. The number of nitrogens with one attached hydrogen (secondary N) is 4. The quantitative estimate of drug-likeness (QED) is 0.139. The zero-order valence-electron chi connectivity index (χ0n) is 13.5. The van der Waals surface area contributed by atoms with Gasteiger partial charge in [-0.3, -0.25) is 10.9 Å². The van der Waals surface area contributed by atoms with E-state index in [1.54, 1.807) is 0 Å². The lowest BCUT2D eigenvalue weighted by Gasteiger charge is -2.08. The summed E-state index contributed by atoms with van der Waals surface area (Å²) in [5.41, 5.74) is 17.2. The summed E-state index contributed by atoms with van der Waals surface area (Å²) in [6.45, 7) is 8.83. The molecule has 0 aliphatic carbocycles. The first-order valence-corrected chi connectivity index (χ1v) is 8.27. The smallest absolute Gasteiger partial charge is 0.0590 e. The molecule has 0 aliphatic rings. The Morgan fingerprint density at radius 1 is 0.571 bits per heavy atom. The minimum atomic E-state index is 0.708. The summed E-state index contributed by atoms with van der Waals surface area (Å²) in [7, 11) is 0. The molecule has 0 saturated carbocycles. The average molecular weight is 304 g/mol. The Morgan fingerprint density at radius 3 is 2.00 bits per heavy atom. The molecule has 0 aromatic carbocycles. The number of nitrogens with two attached hydrogens (primary N) is 2. The molecule has 0 saturated heterocycles. The lowest BCUT2D eigenvalue weighted by Crippen LogP contribution is -2.34. The van der Waals surface area contributed by atoms with E-state index in [1.165, 1.54) is 0 Å². The molecule has 8 N–H and O–H groups in total. The van der Waals surface area contributed by atoms with Gasteiger partial charge in [-0.1, -0.05) is 0 Å². The second kappa shape index (κ2) is 19.7. The van der Waals surface area contributed by atoms with Crippen molar-refractivity contribution in [1.29, 1.82) is 0 Å². The molecule has 0 amide bonds. The van der Waals surface area contributed by atoms with Crippen LogP contribution in [0.15, 0.2) is 0 Å². The highest BCUT2D eigenvalue weighted by molar-refractivity contribution is 4.52. The molecule has 0 aromatic rings. The van der Waals surface area contributed by atoms with Crippen LogP contribution in [-0.4, -0.2) is 65.6 Å². The van der Waals surface area contributed by atoms with Crippen molar-refractivity contribution in [3.8, 4) is 0 Å². The van der Waals surface area contributed by atoms with Gasteiger partial charge in [0.25, 0.3) is 0 Å². The van der Waals surface area contributed by atoms with Crippen LogP contribution >= 0.6 is 0 Å². The van der Waals surface area contributed by atoms with E-state index in [9.17, 15) is 0 Å². The molecule has 0 fully saturated rings. The van der Waals surface area contributed by atoms with Crippen molar-refractivity contribution in [3.05, 3.63) is 0 Å². The lowest BCUT2D eigenvalue weighted by molar-refractivity contribution is 0.132. The second-order valence-corrected chi connectivity index (χ2v) is 4.96. The maximum absolute atomic E-state index is 5.54. The molecule has 7 heteroatoms. The van der Waals surface area contributed by atoms with Crippen molar-refractivity contribution in [2.24, 2.45) is 11.5 Å². The Kier molecular flexibility index (Phi) is 19.5. The van der Waals surface area contributed by atoms with Crippen molar-refractivity contribution in [3.63, 3.8) is 0 Å². The number of rotatable bonds is 18. The minimum Gasteiger partial charge on any atom is -0.380 e. The van der Waals surface area contributed by atoms with Gasteiger partial charge in [-0.25, -0.2) is 0 Å². The Balaban J connectivity index is 2.90. The Labute approximate surface area is 129 Å². The van der Waals surface area contributed by atoms with E-state index in [2.05, 4.69) is 21.5 Å². The molecule has 7 nitrogen and oxygen atoms in total. The fourth-order valence-electron chi connectivity index (χ4n) is 1.73. The molecule has 0 aromatic heterocycles. The number of hydrogen-bond donors (Lipinski definition) is 6. The number of ether oxygens (including phenoxy) is 1. The van der Waals surface area contributed by atoms with Crippen LogP contribution in [0.4, 0.5) is 0 Å². The first-order chi connectivity index (χ1) is 10.4. The maximum atomic E-state index is 5.54. The van der Waals surface area contributed by atoms with Crippen LogP contribution < -0.4 is 33.0 Å². The van der Waals surface area contributed by atoms with Crippen molar-refractivity contribution in [1.82, 2.24) is 21.5 Å². The van der Waals surface area contributed by atoms with Gasteiger partial charge in [-0.2, -0.15) is 0 Å². The first kappa shape index (κ1) is 20.7. The largest absolute Gasteiger partial charge is 0.380 e. The van der Waals surface area contributed by atoms with Gasteiger partial charge >= 0.3 is 0 Å². The van der Waals surface area contributed by atoms with Crippen molar-refractivity contribution in [2.45, 2.75) is 25.7 Å². The van der Waals surface area contributed by atoms with Crippen LogP contribution in [0, 0.1) is 0 Å². The van der Waals surface area contributed by atoms with Crippen LogP contribution in [0.25, 0.3) is 0 Å². The monoisotopic (exact) mass is 304 g/mol. The SMILES string of the molecule is NCCCCNNCCCOCCNCCCNCCN. The highest BCUT2D eigenvalue weighted by atomic mass is 16.5. The summed E-state index contributed by atoms with van der Waals surface area (Å²) in [6, 6.07) is 0. The van der Waals surface area contributed by atoms with Gasteiger partial charge in [0.15, 0.2) is 0 Å². The van der Waals surface area contributed by atoms with Crippen LogP contribution in [-0.2, 0) is 4.74 Å². The fraction of sp³-hybridized carbons (Fsp3) is 1.00. The average Bonchev–Trinajstić information content (AvgIpc) is 2.50. The van der Waals surface area contributed by atoms with Gasteiger partial charge in [0.05, 0.1) is 6.61 Å². The van der Waals surface area contributed by atoms with E-state index in [1.807, 2.05) is 0 Å². The topological polar surface area (TPSA) is 109 Å². The molecule has 0 aliphatic heterocycles. The fourth-order valence-corrected chi connectivity index (χ4v) is 1.73. The van der Waals surface area contributed by atoms with E-state index in [0.717, 1.165) is 84.7 Å². The Hall–Kier alpha value is -0.280. The van der Waals surface area contributed by atoms with Gasteiger partial charge in [-0.05, 0) is 45.3 Å². The van der Waals surface area contributed by atoms with Crippen LogP contribution in [0.2, 0.25) is 0 Å². The van der Waals surface area contributed by atoms with E-state index < -0.39 is 0 Å². The van der Waals surface area contributed by atoms with E-state index in [0.29, 0.717) is 6.54 Å². The minimum absolute atomic E-state index is 0.708. The predicted octanol–water partition coefficient (Wildman–Crippen LogP) is -1.25. The molecule has 0 atom stereocenters. The van der Waals surface area contributed by atoms with Gasteiger partial charge in [-0.15, -0.1) is 0 Å². The molecular formula is C14H36N6O. The van der Waals surface area contributed by atoms with Crippen molar-refractivity contribution < 1.29 is 4.74 Å².